The first kappa shape index (κ1) is 16.9. The van der Waals surface area contributed by atoms with Crippen LogP contribution in [-0.4, -0.2) is 39.5 Å². The largest absolute Gasteiger partial charge is 0.389 e. The monoisotopic (exact) mass is 296 g/mol. The number of nitro groups is 1. The Labute approximate surface area is 122 Å². The number of likely N-dealkylation sites (N-methyl/N-ethyl adjacent to an activating group) is 1. The van der Waals surface area contributed by atoms with Crippen molar-refractivity contribution < 1.29 is 14.8 Å². The molecule has 1 rings (SSSR count). The maximum Gasteiger partial charge on any atom is 0.294 e. The van der Waals surface area contributed by atoms with Crippen molar-refractivity contribution in [3.05, 3.63) is 33.9 Å². The van der Waals surface area contributed by atoms with Gasteiger partial charge in [0.25, 0.3) is 11.6 Å². The molecule has 21 heavy (non-hydrogen) atoms. The van der Waals surface area contributed by atoms with Gasteiger partial charge >= 0.3 is 0 Å². The summed E-state index contributed by atoms with van der Waals surface area (Å²) in [5.74, 6) is 4.89. The number of nitrogens with two attached hydrogens (primary N) is 1. The third kappa shape index (κ3) is 4.14. The fourth-order valence-corrected chi connectivity index (χ4v) is 1.99. The Balaban J connectivity index is 3.22. The van der Waals surface area contributed by atoms with E-state index >= 15 is 0 Å². The fraction of sp³-hybridized carbons (Fsp3) is 0.462. The van der Waals surface area contributed by atoms with Crippen molar-refractivity contribution in [1.29, 1.82) is 0 Å². The molecule has 0 heterocycles. The highest BCUT2D eigenvalue weighted by atomic mass is 16.6. The average molecular weight is 296 g/mol. The number of nitrogens with zero attached hydrogens (tertiary/aromatic N) is 2. The van der Waals surface area contributed by atoms with Gasteiger partial charge in [-0.2, -0.15) is 0 Å². The van der Waals surface area contributed by atoms with Crippen molar-refractivity contribution in [2.24, 2.45) is 5.84 Å². The molecule has 1 aromatic rings. The van der Waals surface area contributed by atoms with E-state index in [0.717, 1.165) is 0 Å². The Morgan fingerprint density at radius 2 is 2.14 bits per heavy atom. The van der Waals surface area contributed by atoms with Crippen LogP contribution in [0.1, 0.15) is 31.1 Å². The SMILES string of the molecule is CCN(CC(C)(C)O)C(=O)c1cccc([N+](=O)[O-])c1NN. The van der Waals surface area contributed by atoms with Crippen molar-refractivity contribution in [2.45, 2.75) is 26.4 Å². The van der Waals surface area contributed by atoms with Crippen LogP contribution >= 0.6 is 0 Å². The number of hydrazine groups is 1. The summed E-state index contributed by atoms with van der Waals surface area (Å²) in [6.45, 7) is 5.39. The van der Waals surface area contributed by atoms with Crippen LogP contribution in [-0.2, 0) is 0 Å². The lowest BCUT2D eigenvalue weighted by Gasteiger charge is -2.28. The summed E-state index contributed by atoms with van der Waals surface area (Å²) in [5.41, 5.74) is 0.930. The van der Waals surface area contributed by atoms with Gasteiger partial charge in [0.2, 0.25) is 0 Å². The normalized spacial score (nSPS) is 11.1. The van der Waals surface area contributed by atoms with Crippen molar-refractivity contribution in [3.8, 4) is 0 Å². The van der Waals surface area contributed by atoms with Crippen molar-refractivity contribution >= 4 is 17.3 Å². The number of nitro benzene ring substituents is 1. The van der Waals surface area contributed by atoms with E-state index in [4.69, 9.17) is 5.84 Å². The molecular formula is C13H20N4O4. The number of para-hydroxylation sites is 1. The molecule has 116 valence electrons. The molecule has 0 saturated heterocycles. The van der Waals surface area contributed by atoms with Gasteiger partial charge in [0.1, 0.15) is 5.69 Å². The Kier molecular flexibility index (Phi) is 5.23. The van der Waals surface area contributed by atoms with Gasteiger partial charge in [0.05, 0.1) is 16.1 Å². The van der Waals surface area contributed by atoms with E-state index < -0.39 is 16.4 Å². The number of benzene rings is 1. The summed E-state index contributed by atoms with van der Waals surface area (Å²) < 4.78 is 0. The van der Waals surface area contributed by atoms with E-state index in [1.165, 1.54) is 23.1 Å². The molecule has 1 aromatic carbocycles. The molecule has 0 radical (unpaired) electrons. The van der Waals surface area contributed by atoms with E-state index in [0.29, 0.717) is 6.54 Å². The van der Waals surface area contributed by atoms with Gasteiger partial charge in [0.15, 0.2) is 0 Å². The second kappa shape index (κ2) is 6.51. The van der Waals surface area contributed by atoms with Gasteiger partial charge in [0, 0.05) is 19.2 Å². The zero-order valence-electron chi connectivity index (χ0n) is 12.3. The molecule has 0 bridgehead atoms. The summed E-state index contributed by atoms with van der Waals surface area (Å²) in [4.78, 5) is 24.3. The third-order valence-corrected chi connectivity index (χ3v) is 2.86. The van der Waals surface area contributed by atoms with Crippen molar-refractivity contribution in [3.63, 3.8) is 0 Å². The van der Waals surface area contributed by atoms with E-state index in [-0.39, 0.29) is 23.5 Å². The van der Waals surface area contributed by atoms with Crippen LogP contribution in [0, 0.1) is 10.1 Å². The van der Waals surface area contributed by atoms with Gasteiger partial charge in [-0.1, -0.05) is 6.07 Å². The first-order valence-electron chi connectivity index (χ1n) is 6.47. The third-order valence-electron chi connectivity index (χ3n) is 2.86. The van der Waals surface area contributed by atoms with Crippen LogP contribution in [0.3, 0.4) is 0 Å². The van der Waals surface area contributed by atoms with E-state index in [2.05, 4.69) is 5.43 Å². The molecule has 0 aliphatic rings. The zero-order valence-corrected chi connectivity index (χ0v) is 12.3. The molecule has 8 heteroatoms. The Morgan fingerprint density at radius 1 is 1.52 bits per heavy atom. The van der Waals surface area contributed by atoms with Gasteiger partial charge < -0.3 is 15.4 Å². The summed E-state index contributed by atoms with van der Waals surface area (Å²) in [7, 11) is 0. The van der Waals surface area contributed by atoms with Gasteiger partial charge in [-0.3, -0.25) is 20.8 Å². The average Bonchev–Trinajstić information content (AvgIpc) is 2.41. The van der Waals surface area contributed by atoms with Gasteiger partial charge in [-0.05, 0) is 26.8 Å². The standard InChI is InChI=1S/C13H20N4O4/c1-4-16(8-13(2,3)19)12(18)9-6-5-7-10(17(20)21)11(9)15-14/h5-7,15,19H,4,8,14H2,1-3H3. The molecule has 0 fully saturated rings. The number of nitrogen functional groups attached to an aromatic ring is 1. The fourth-order valence-electron chi connectivity index (χ4n) is 1.99. The van der Waals surface area contributed by atoms with Gasteiger partial charge in [-0.25, -0.2) is 0 Å². The highest BCUT2D eigenvalue weighted by Gasteiger charge is 2.27. The summed E-state index contributed by atoms with van der Waals surface area (Å²) in [6, 6.07) is 4.14. The minimum atomic E-state index is -1.07. The molecule has 0 aliphatic carbocycles. The molecule has 1 amide bonds. The molecule has 0 spiro atoms. The molecular weight excluding hydrogens is 276 g/mol. The Morgan fingerprint density at radius 3 is 2.57 bits per heavy atom. The quantitative estimate of drug-likeness (QED) is 0.411. The number of amides is 1. The number of carbonyl (C=O) groups excluding carboxylic acids is 1. The first-order chi connectivity index (χ1) is 9.71. The summed E-state index contributed by atoms with van der Waals surface area (Å²) in [6.07, 6.45) is 0. The number of hydrogen-bond acceptors (Lipinski definition) is 6. The molecule has 4 N–H and O–H groups in total. The van der Waals surface area contributed by atoms with Crippen LogP contribution in [0.5, 0.6) is 0 Å². The molecule has 0 unspecified atom stereocenters. The highest BCUT2D eigenvalue weighted by molar-refractivity contribution is 6.01. The minimum absolute atomic E-state index is 0.0401. The molecule has 0 aliphatic heterocycles. The predicted octanol–water partition coefficient (Wildman–Crippen LogP) is 1.11. The van der Waals surface area contributed by atoms with E-state index in [1.807, 2.05) is 0 Å². The van der Waals surface area contributed by atoms with Crippen LogP contribution in [0.25, 0.3) is 0 Å². The number of nitrogens with one attached hydrogen (secondary N) is 1. The minimum Gasteiger partial charge on any atom is -0.389 e. The Hall–Kier alpha value is -2.19. The number of carbonyl (C=O) groups is 1. The van der Waals surface area contributed by atoms with Crippen LogP contribution < -0.4 is 11.3 Å². The van der Waals surface area contributed by atoms with Crippen LogP contribution in [0.4, 0.5) is 11.4 Å². The smallest absolute Gasteiger partial charge is 0.294 e. The lowest BCUT2D eigenvalue weighted by atomic mass is 10.1. The molecule has 8 nitrogen and oxygen atoms in total. The zero-order chi connectivity index (χ0) is 16.2. The Bertz CT molecular complexity index is 539. The second-order valence-corrected chi connectivity index (χ2v) is 5.23. The highest BCUT2D eigenvalue weighted by Crippen LogP contribution is 2.28. The number of hydrogen-bond donors (Lipinski definition) is 3. The van der Waals surface area contributed by atoms with Crippen molar-refractivity contribution in [2.75, 3.05) is 18.5 Å². The second-order valence-electron chi connectivity index (χ2n) is 5.23. The van der Waals surface area contributed by atoms with Crippen LogP contribution in [0.2, 0.25) is 0 Å². The molecule has 0 saturated carbocycles. The van der Waals surface area contributed by atoms with E-state index in [1.54, 1.807) is 20.8 Å². The van der Waals surface area contributed by atoms with Crippen molar-refractivity contribution in [1.82, 2.24) is 4.90 Å². The lowest BCUT2D eigenvalue weighted by molar-refractivity contribution is -0.384. The summed E-state index contributed by atoms with van der Waals surface area (Å²) >= 11 is 0. The number of rotatable bonds is 6. The topological polar surface area (TPSA) is 122 Å². The molecule has 0 aromatic heterocycles. The van der Waals surface area contributed by atoms with Gasteiger partial charge in [-0.15, -0.1) is 0 Å². The maximum absolute atomic E-state index is 12.5. The summed E-state index contributed by atoms with van der Waals surface area (Å²) in [5, 5.41) is 20.8. The number of aliphatic hydroxyl groups is 1. The van der Waals surface area contributed by atoms with E-state index in [9.17, 15) is 20.0 Å². The number of anilines is 1. The lowest BCUT2D eigenvalue weighted by Crippen LogP contribution is -2.42. The predicted molar refractivity (Wildman–Crippen MR) is 78.8 cm³/mol. The van der Waals surface area contributed by atoms with Crippen LogP contribution in [0.15, 0.2) is 18.2 Å². The molecule has 0 atom stereocenters. The first-order valence-corrected chi connectivity index (χ1v) is 6.47. The maximum atomic E-state index is 12.5.